The molecule has 0 heterocycles. The van der Waals surface area contributed by atoms with Crippen molar-refractivity contribution in [3.8, 4) is 17.6 Å². The van der Waals surface area contributed by atoms with Gasteiger partial charge in [0.25, 0.3) is 0 Å². The van der Waals surface area contributed by atoms with Gasteiger partial charge in [-0.3, -0.25) is 0 Å². The van der Waals surface area contributed by atoms with E-state index in [9.17, 15) is 4.39 Å². The highest BCUT2D eigenvalue weighted by atomic mass is 19.1. The van der Waals surface area contributed by atoms with Crippen LogP contribution in [0.3, 0.4) is 0 Å². The maximum atomic E-state index is 13.9. The molecule has 0 aliphatic heterocycles. The van der Waals surface area contributed by atoms with Crippen molar-refractivity contribution in [3.05, 3.63) is 65.0 Å². The molecular weight excluding hydrogens is 359 g/mol. The molecule has 1 nitrogen and oxygen atoms in total. The molecule has 0 unspecified atom stereocenters. The molecule has 2 heteroatoms. The van der Waals surface area contributed by atoms with Crippen LogP contribution in [0, 0.1) is 23.6 Å². The fourth-order valence-corrected chi connectivity index (χ4v) is 4.30. The average Bonchev–Trinajstić information content (AvgIpc) is 2.75. The summed E-state index contributed by atoms with van der Waals surface area (Å²) in [5.74, 6) is 7.76. The lowest BCUT2D eigenvalue weighted by molar-refractivity contribution is 0.303. The third kappa shape index (κ3) is 6.36. The van der Waals surface area contributed by atoms with Crippen molar-refractivity contribution in [2.45, 2.75) is 71.1 Å². The second-order valence-electron chi connectivity index (χ2n) is 8.16. The van der Waals surface area contributed by atoms with Crippen molar-refractivity contribution in [1.29, 1.82) is 0 Å². The van der Waals surface area contributed by atoms with Crippen LogP contribution in [0.5, 0.6) is 5.75 Å². The molecule has 0 saturated heterocycles. The predicted molar refractivity (Wildman–Crippen MR) is 119 cm³/mol. The molecular formula is C27H33FO. The molecule has 2 aromatic carbocycles. The predicted octanol–water partition coefficient (Wildman–Crippen LogP) is 7.48. The summed E-state index contributed by atoms with van der Waals surface area (Å²) >= 11 is 0. The quantitative estimate of drug-likeness (QED) is 0.350. The fourth-order valence-electron chi connectivity index (χ4n) is 4.30. The maximum absolute atomic E-state index is 13.9. The smallest absolute Gasteiger partial charge is 0.166 e. The van der Waals surface area contributed by atoms with Crippen molar-refractivity contribution >= 4 is 0 Å². The topological polar surface area (TPSA) is 9.23 Å². The molecule has 0 radical (unpaired) electrons. The molecule has 29 heavy (non-hydrogen) atoms. The SMILES string of the molecule is CCCCCC1CCC(c2ccc(C#Cc3ccc(OCC)c(F)c3)cc2)CC1. The third-order valence-corrected chi connectivity index (χ3v) is 6.03. The van der Waals surface area contributed by atoms with Gasteiger partial charge < -0.3 is 4.74 Å². The third-order valence-electron chi connectivity index (χ3n) is 6.03. The van der Waals surface area contributed by atoms with Crippen LogP contribution >= 0.6 is 0 Å². The van der Waals surface area contributed by atoms with Gasteiger partial charge in [-0.25, -0.2) is 4.39 Å². The van der Waals surface area contributed by atoms with Crippen LogP contribution in [0.15, 0.2) is 42.5 Å². The van der Waals surface area contributed by atoms with E-state index in [1.165, 1.54) is 63.0 Å². The van der Waals surface area contributed by atoms with Gasteiger partial charge in [-0.2, -0.15) is 0 Å². The van der Waals surface area contributed by atoms with Crippen LogP contribution in [-0.2, 0) is 0 Å². The van der Waals surface area contributed by atoms with E-state index in [0.29, 0.717) is 18.1 Å². The van der Waals surface area contributed by atoms with Crippen LogP contribution in [0.1, 0.15) is 87.8 Å². The van der Waals surface area contributed by atoms with Gasteiger partial charge in [0.15, 0.2) is 11.6 Å². The first-order chi connectivity index (χ1) is 14.2. The summed E-state index contributed by atoms with van der Waals surface area (Å²) in [7, 11) is 0. The van der Waals surface area contributed by atoms with Crippen molar-refractivity contribution in [3.63, 3.8) is 0 Å². The molecule has 0 spiro atoms. The van der Waals surface area contributed by atoms with Crippen molar-refractivity contribution in [1.82, 2.24) is 0 Å². The van der Waals surface area contributed by atoms with Crippen LogP contribution in [-0.4, -0.2) is 6.61 Å². The summed E-state index contributed by atoms with van der Waals surface area (Å²) in [5.41, 5.74) is 3.07. The van der Waals surface area contributed by atoms with E-state index < -0.39 is 0 Å². The summed E-state index contributed by atoms with van der Waals surface area (Å²) in [6.07, 6.45) is 10.9. The van der Waals surface area contributed by atoms with Crippen LogP contribution in [0.2, 0.25) is 0 Å². The zero-order valence-corrected chi connectivity index (χ0v) is 17.8. The van der Waals surface area contributed by atoms with E-state index in [4.69, 9.17) is 4.74 Å². The van der Waals surface area contributed by atoms with E-state index in [1.807, 2.05) is 6.92 Å². The monoisotopic (exact) mass is 392 g/mol. The van der Waals surface area contributed by atoms with E-state index in [2.05, 4.69) is 43.0 Å². The van der Waals surface area contributed by atoms with E-state index >= 15 is 0 Å². The Bertz CT molecular complexity index is 820. The molecule has 1 fully saturated rings. The number of unbranched alkanes of at least 4 members (excludes halogenated alkanes) is 2. The minimum atomic E-state index is -0.362. The summed E-state index contributed by atoms with van der Waals surface area (Å²) < 4.78 is 19.2. The Balaban J connectivity index is 1.55. The number of hydrogen-bond donors (Lipinski definition) is 0. The van der Waals surface area contributed by atoms with Crippen molar-refractivity contribution < 1.29 is 9.13 Å². The Morgan fingerprint density at radius 2 is 1.59 bits per heavy atom. The lowest BCUT2D eigenvalue weighted by atomic mass is 9.77. The molecule has 0 aromatic heterocycles. The molecule has 1 saturated carbocycles. The second-order valence-corrected chi connectivity index (χ2v) is 8.16. The number of ether oxygens (including phenoxy) is 1. The molecule has 0 amide bonds. The van der Waals surface area contributed by atoms with E-state index in [0.717, 1.165) is 11.5 Å². The Hall–Kier alpha value is -2.27. The van der Waals surface area contributed by atoms with Crippen molar-refractivity contribution in [2.75, 3.05) is 6.61 Å². The number of rotatable bonds is 7. The highest BCUT2D eigenvalue weighted by molar-refractivity contribution is 5.45. The molecule has 0 atom stereocenters. The van der Waals surface area contributed by atoms with Gasteiger partial charge in [0.2, 0.25) is 0 Å². The molecule has 1 aliphatic rings. The summed E-state index contributed by atoms with van der Waals surface area (Å²) in [6.45, 7) is 4.58. The number of hydrogen-bond acceptors (Lipinski definition) is 1. The van der Waals surface area contributed by atoms with Gasteiger partial charge in [0, 0.05) is 11.1 Å². The highest BCUT2D eigenvalue weighted by Crippen LogP contribution is 2.37. The average molecular weight is 393 g/mol. The first kappa shape index (κ1) is 21.4. The standard InChI is InChI=1S/C27H33FO/c1-3-5-6-7-21-10-15-24(16-11-21)25-17-12-22(13-18-25)8-9-23-14-19-27(29-4-2)26(28)20-23/h12-14,17-21,24H,3-7,10-11,15-16H2,1-2H3. The maximum Gasteiger partial charge on any atom is 0.166 e. The number of halogens is 1. The van der Waals surface area contributed by atoms with Gasteiger partial charge in [0.05, 0.1) is 6.61 Å². The highest BCUT2D eigenvalue weighted by Gasteiger charge is 2.21. The second kappa shape index (κ2) is 11.1. The van der Waals surface area contributed by atoms with Crippen LogP contribution in [0.25, 0.3) is 0 Å². The first-order valence-corrected chi connectivity index (χ1v) is 11.2. The van der Waals surface area contributed by atoms with Gasteiger partial charge >= 0.3 is 0 Å². The Labute approximate surface area is 175 Å². The summed E-state index contributed by atoms with van der Waals surface area (Å²) in [5, 5.41) is 0. The van der Waals surface area contributed by atoms with Gasteiger partial charge in [0.1, 0.15) is 0 Å². The van der Waals surface area contributed by atoms with E-state index in [-0.39, 0.29) is 11.6 Å². The van der Waals surface area contributed by atoms with Crippen LogP contribution in [0.4, 0.5) is 4.39 Å². The summed E-state index contributed by atoms with van der Waals surface area (Å²) in [6, 6.07) is 13.5. The minimum absolute atomic E-state index is 0.280. The molecule has 3 rings (SSSR count). The lowest BCUT2D eigenvalue weighted by Gasteiger charge is -2.29. The van der Waals surface area contributed by atoms with Gasteiger partial charge in [-0.15, -0.1) is 0 Å². The van der Waals surface area contributed by atoms with Crippen molar-refractivity contribution in [2.24, 2.45) is 5.92 Å². The fraction of sp³-hybridized carbons (Fsp3) is 0.481. The number of benzene rings is 2. The normalized spacial score (nSPS) is 18.7. The lowest BCUT2D eigenvalue weighted by Crippen LogP contribution is -2.13. The zero-order valence-electron chi connectivity index (χ0n) is 17.8. The molecule has 154 valence electrons. The molecule has 0 N–H and O–H groups in total. The van der Waals surface area contributed by atoms with Crippen LogP contribution < -0.4 is 4.74 Å². The van der Waals surface area contributed by atoms with Gasteiger partial charge in [-0.1, -0.05) is 56.6 Å². The molecule has 0 bridgehead atoms. The van der Waals surface area contributed by atoms with E-state index in [1.54, 1.807) is 12.1 Å². The summed E-state index contributed by atoms with van der Waals surface area (Å²) in [4.78, 5) is 0. The molecule has 1 aliphatic carbocycles. The first-order valence-electron chi connectivity index (χ1n) is 11.2. The molecule has 2 aromatic rings. The minimum Gasteiger partial charge on any atom is -0.491 e. The Morgan fingerprint density at radius 3 is 2.24 bits per heavy atom. The Morgan fingerprint density at radius 1 is 0.897 bits per heavy atom. The zero-order chi connectivity index (χ0) is 20.5. The van der Waals surface area contributed by atoms with Gasteiger partial charge in [-0.05, 0) is 80.3 Å². The largest absolute Gasteiger partial charge is 0.491 e. The Kier molecular flexibility index (Phi) is 8.17.